The predicted molar refractivity (Wildman–Crippen MR) is 107 cm³/mol. The molecule has 1 saturated heterocycles. The maximum Gasteiger partial charge on any atom is 0.289 e. The van der Waals surface area contributed by atoms with E-state index in [-0.39, 0.29) is 11.8 Å². The Hall–Kier alpha value is -2.63. The largest absolute Gasteiger partial charge is 0.347 e. The van der Waals surface area contributed by atoms with E-state index in [0.29, 0.717) is 18.1 Å². The smallest absolute Gasteiger partial charge is 0.289 e. The molecule has 4 rings (SSSR count). The molecular formula is C22H28N4O2. The Morgan fingerprint density at radius 1 is 0.929 bits per heavy atom. The second-order valence-electron chi connectivity index (χ2n) is 7.71. The molecule has 1 fully saturated rings. The molecule has 2 amide bonds. The Bertz CT molecular complexity index is 836. The lowest BCUT2D eigenvalue weighted by Crippen LogP contribution is -2.34. The van der Waals surface area contributed by atoms with Crippen molar-refractivity contribution in [3.8, 4) is 0 Å². The fourth-order valence-corrected chi connectivity index (χ4v) is 4.17. The number of carbonyl (C=O) groups excluding carboxylic acids is 2. The zero-order chi connectivity index (χ0) is 19.3. The Kier molecular flexibility index (Phi) is 5.74. The van der Waals surface area contributed by atoms with Crippen LogP contribution >= 0.6 is 0 Å². The number of amides is 2. The van der Waals surface area contributed by atoms with Crippen LogP contribution in [0.3, 0.4) is 0 Å². The molecule has 6 heteroatoms. The van der Waals surface area contributed by atoms with E-state index in [9.17, 15) is 9.59 Å². The van der Waals surface area contributed by atoms with Gasteiger partial charge in [0.2, 0.25) is 0 Å². The minimum absolute atomic E-state index is 0.0211. The zero-order valence-electron chi connectivity index (χ0n) is 16.3. The van der Waals surface area contributed by atoms with E-state index in [0.717, 1.165) is 63.0 Å². The molecule has 2 aliphatic heterocycles. The fourth-order valence-electron chi connectivity index (χ4n) is 4.17. The van der Waals surface area contributed by atoms with E-state index in [4.69, 9.17) is 0 Å². The molecule has 1 aromatic heterocycles. The molecule has 28 heavy (non-hydrogen) atoms. The topological polar surface area (TPSA) is 67.2 Å². The maximum absolute atomic E-state index is 13.2. The summed E-state index contributed by atoms with van der Waals surface area (Å²) in [7, 11) is 0. The summed E-state index contributed by atoms with van der Waals surface area (Å²) < 4.78 is 1.99. The van der Waals surface area contributed by atoms with Crippen molar-refractivity contribution < 1.29 is 9.59 Å². The summed E-state index contributed by atoms with van der Waals surface area (Å²) in [6, 6.07) is 9.84. The molecule has 6 nitrogen and oxygen atoms in total. The van der Waals surface area contributed by atoms with Gasteiger partial charge in [-0.3, -0.25) is 9.59 Å². The number of rotatable bonds is 4. The first-order chi connectivity index (χ1) is 13.7. The number of nitrogens with zero attached hydrogens (tertiary/aromatic N) is 3. The lowest BCUT2D eigenvalue weighted by Gasteiger charge is -2.22. The van der Waals surface area contributed by atoms with Crippen LogP contribution in [0.4, 0.5) is 0 Å². The zero-order valence-corrected chi connectivity index (χ0v) is 16.3. The maximum atomic E-state index is 13.2. The van der Waals surface area contributed by atoms with Crippen LogP contribution in [0.25, 0.3) is 0 Å². The van der Waals surface area contributed by atoms with Crippen molar-refractivity contribution in [1.82, 2.24) is 19.8 Å². The van der Waals surface area contributed by atoms with E-state index in [1.54, 1.807) is 0 Å². The fraction of sp³-hybridized carbons (Fsp3) is 0.500. The first-order valence-electron chi connectivity index (χ1n) is 10.4. The lowest BCUT2D eigenvalue weighted by atomic mass is 10.1. The van der Waals surface area contributed by atoms with Crippen molar-refractivity contribution in [2.24, 2.45) is 0 Å². The van der Waals surface area contributed by atoms with Gasteiger partial charge in [0.05, 0.1) is 5.69 Å². The van der Waals surface area contributed by atoms with Gasteiger partial charge in [0.15, 0.2) is 5.82 Å². The number of aromatic nitrogens is 2. The van der Waals surface area contributed by atoms with Crippen molar-refractivity contribution in [3.63, 3.8) is 0 Å². The second-order valence-corrected chi connectivity index (χ2v) is 7.71. The highest BCUT2D eigenvalue weighted by Gasteiger charge is 2.29. The lowest BCUT2D eigenvalue weighted by molar-refractivity contribution is 0.0743. The molecule has 0 atom stereocenters. The molecule has 1 aromatic carbocycles. The van der Waals surface area contributed by atoms with E-state index in [1.807, 2.05) is 39.8 Å². The van der Waals surface area contributed by atoms with Crippen molar-refractivity contribution >= 4 is 11.8 Å². The molecule has 0 saturated carbocycles. The van der Waals surface area contributed by atoms with Gasteiger partial charge in [-0.2, -0.15) is 0 Å². The molecule has 2 aliphatic rings. The third kappa shape index (κ3) is 3.96. The number of fused-ring (bicyclic) bond motifs is 1. The van der Waals surface area contributed by atoms with Crippen LogP contribution in [0, 0.1) is 0 Å². The molecule has 0 spiro atoms. The summed E-state index contributed by atoms with van der Waals surface area (Å²) in [4.78, 5) is 32.5. The van der Waals surface area contributed by atoms with Crippen LogP contribution in [-0.4, -0.2) is 39.4 Å². The number of hydrogen-bond acceptors (Lipinski definition) is 3. The highest BCUT2D eigenvalue weighted by atomic mass is 16.2. The number of nitrogens with one attached hydrogen (secondary N) is 1. The standard InChI is InChI=1S/C22H28N4O2/c27-21(23-16-17-10-4-3-5-11-17)19-18-12-6-9-15-26(18)20(24-19)22(28)25-13-7-1-2-8-14-25/h3-5,10-11H,1-2,6-9,12-16H2,(H,23,27). The van der Waals surface area contributed by atoms with Crippen LogP contribution in [0.2, 0.25) is 0 Å². The monoisotopic (exact) mass is 380 g/mol. The van der Waals surface area contributed by atoms with E-state index < -0.39 is 0 Å². The molecule has 0 unspecified atom stereocenters. The SMILES string of the molecule is O=C(NCc1ccccc1)c1nc(C(=O)N2CCCCCC2)n2c1CCCC2. The molecule has 0 aliphatic carbocycles. The Morgan fingerprint density at radius 3 is 2.39 bits per heavy atom. The van der Waals surface area contributed by atoms with Gasteiger partial charge in [0.1, 0.15) is 5.69 Å². The quantitative estimate of drug-likeness (QED) is 0.886. The van der Waals surface area contributed by atoms with Crippen LogP contribution in [-0.2, 0) is 19.5 Å². The molecule has 148 valence electrons. The molecule has 0 bridgehead atoms. The Labute approximate surface area is 165 Å². The highest BCUT2D eigenvalue weighted by Crippen LogP contribution is 2.23. The van der Waals surface area contributed by atoms with Gasteiger partial charge in [-0.15, -0.1) is 0 Å². The number of hydrogen-bond donors (Lipinski definition) is 1. The van der Waals surface area contributed by atoms with Gasteiger partial charge in [-0.05, 0) is 37.7 Å². The van der Waals surface area contributed by atoms with Gasteiger partial charge in [0, 0.05) is 26.2 Å². The number of likely N-dealkylation sites (tertiary alicyclic amines) is 1. The van der Waals surface area contributed by atoms with Gasteiger partial charge >= 0.3 is 0 Å². The highest BCUT2D eigenvalue weighted by molar-refractivity contribution is 5.97. The van der Waals surface area contributed by atoms with Gasteiger partial charge < -0.3 is 14.8 Å². The first kappa shape index (κ1) is 18.7. The Morgan fingerprint density at radius 2 is 1.64 bits per heavy atom. The Balaban J connectivity index is 1.56. The summed E-state index contributed by atoms with van der Waals surface area (Å²) in [6.07, 6.45) is 7.30. The molecule has 2 aromatic rings. The first-order valence-corrected chi connectivity index (χ1v) is 10.4. The van der Waals surface area contributed by atoms with Crippen molar-refractivity contribution in [2.45, 2.75) is 58.0 Å². The van der Waals surface area contributed by atoms with Crippen LogP contribution < -0.4 is 5.32 Å². The molecule has 3 heterocycles. The predicted octanol–water partition coefficient (Wildman–Crippen LogP) is 3.17. The minimum Gasteiger partial charge on any atom is -0.347 e. The average Bonchev–Trinajstić information content (AvgIpc) is 2.92. The number of benzene rings is 1. The third-order valence-electron chi connectivity index (χ3n) is 5.71. The summed E-state index contributed by atoms with van der Waals surface area (Å²) >= 11 is 0. The summed E-state index contributed by atoms with van der Waals surface area (Å²) in [5.74, 6) is 0.234. The van der Waals surface area contributed by atoms with Crippen molar-refractivity contribution in [1.29, 1.82) is 0 Å². The van der Waals surface area contributed by atoms with E-state index in [1.165, 1.54) is 12.8 Å². The van der Waals surface area contributed by atoms with Crippen molar-refractivity contribution in [2.75, 3.05) is 13.1 Å². The van der Waals surface area contributed by atoms with Crippen molar-refractivity contribution in [3.05, 3.63) is 53.1 Å². The normalized spacial score (nSPS) is 16.9. The third-order valence-corrected chi connectivity index (χ3v) is 5.71. The van der Waals surface area contributed by atoms with Gasteiger partial charge in [-0.1, -0.05) is 43.2 Å². The summed E-state index contributed by atoms with van der Waals surface area (Å²) in [5.41, 5.74) is 2.38. The molecule has 0 radical (unpaired) electrons. The minimum atomic E-state index is -0.190. The van der Waals surface area contributed by atoms with E-state index in [2.05, 4.69) is 10.3 Å². The summed E-state index contributed by atoms with van der Waals surface area (Å²) in [5, 5.41) is 2.97. The number of carbonyl (C=O) groups is 2. The van der Waals surface area contributed by atoms with Gasteiger partial charge in [0.25, 0.3) is 11.8 Å². The van der Waals surface area contributed by atoms with Crippen LogP contribution in [0.1, 0.15) is 70.9 Å². The molecular weight excluding hydrogens is 352 g/mol. The van der Waals surface area contributed by atoms with E-state index >= 15 is 0 Å². The average molecular weight is 380 g/mol. The molecule has 1 N–H and O–H groups in total. The van der Waals surface area contributed by atoms with Gasteiger partial charge in [-0.25, -0.2) is 4.98 Å². The second kappa shape index (κ2) is 8.59. The number of imidazole rings is 1. The summed E-state index contributed by atoms with van der Waals surface area (Å²) in [6.45, 7) is 2.80. The van der Waals surface area contributed by atoms with Crippen LogP contribution in [0.15, 0.2) is 30.3 Å². The van der Waals surface area contributed by atoms with Crippen LogP contribution in [0.5, 0.6) is 0 Å².